The van der Waals surface area contributed by atoms with Crippen molar-refractivity contribution in [2.75, 3.05) is 43.4 Å². The number of anilines is 2. The van der Waals surface area contributed by atoms with Gasteiger partial charge in [0.2, 0.25) is 0 Å². The third-order valence-corrected chi connectivity index (χ3v) is 7.56. The first-order valence-electron chi connectivity index (χ1n) is 15.1. The van der Waals surface area contributed by atoms with E-state index in [1.807, 2.05) is 30.3 Å². The molecule has 230 valence electrons. The van der Waals surface area contributed by atoms with Crippen LogP contribution < -0.4 is 15.4 Å². The van der Waals surface area contributed by atoms with Crippen LogP contribution >= 0.6 is 0 Å². The zero-order chi connectivity index (χ0) is 30.6. The van der Waals surface area contributed by atoms with E-state index in [4.69, 9.17) is 9.72 Å². The first-order valence-corrected chi connectivity index (χ1v) is 15.1. The maximum absolute atomic E-state index is 13.5. The fraction of sp³-hybridized carbons (Fsp3) is 0.364. The molecule has 4 heterocycles. The summed E-state index contributed by atoms with van der Waals surface area (Å²) < 4.78 is 19.3. The average molecular weight is 600 g/mol. The summed E-state index contributed by atoms with van der Waals surface area (Å²) in [4.78, 5) is 31.6. The van der Waals surface area contributed by atoms with E-state index in [1.165, 1.54) is 24.2 Å². The van der Waals surface area contributed by atoms with Gasteiger partial charge in [-0.3, -0.25) is 9.88 Å². The van der Waals surface area contributed by atoms with Crippen molar-refractivity contribution in [2.45, 2.75) is 44.6 Å². The van der Waals surface area contributed by atoms with Crippen molar-refractivity contribution in [3.05, 3.63) is 90.4 Å². The van der Waals surface area contributed by atoms with Crippen LogP contribution in [0.1, 0.15) is 36.9 Å². The number of fused-ring (bicyclic) bond motifs is 1. The highest BCUT2D eigenvalue weighted by Gasteiger charge is 2.20. The number of carbonyl (C=O) groups is 1. The second kappa shape index (κ2) is 15.7. The third-order valence-electron chi connectivity index (χ3n) is 7.56. The molecule has 0 saturated heterocycles. The minimum absolute atomic E-state index is 0.320. The van der Waals surface area contributed by atoms with Crippen molar-refractivity contribution in [3.63, 3.8) is 0 Å². The zero-order valence-electron chi connectivity index (χ0n) is 24.7. The second-order valence-corrected chi connectivity index (χ2v) is 10.8. The summed E-state index contributed by atoms with van der Waals surface area (Å²) in [7, 11) is 0. The van der Waals surface area contributed by atoms with Crippen LogP contribution in [0.15, 0.2) is 73.3 Å². The molecule has 4 aromatic rings. The normalized spacial score (nSPS) is 13.1. The van der Waals surface area contributed by atoms with Crippen molar-refractivity contribution in [1.29, 1.82) is 0 Å². The first kappa shape index (κ1) is 30.8. The number of nitrogens with zero attached hydrogens (tertiary/aromatic N) is 5. The number of nitrogens with one attached hydrogen (secondary N) is 2. The van der Waals surface area contributed by atoms with E-state index < -0.39 is 17.8 Å². The van der Waals surface area contributed by atoms with Gasteiger partial charge in [-0.15, -0.1) is 0 Å². The number of hydrogen-bond acceptors (Lipinski definition) is 9. The van der Waals surface area contributed by atoms with Gasteiger partial charge in [-0.1, -0.05) is 36.4 Å². The smallest absolute Gasteiger partial charge is 0.326 e. The average Bonchev–Trinajstić information content (AvgIpc) is 3.05. The Morgan fingerprint density at radius 1 is 1.07 bits per heavy atom. The van der Waals surface area contributed by atoms with Crippen molar-refractivity contribution in [2.24, 2.45) is 0 Å². The predicted molar refractivity (Wildman–Crippen MR) is 167 cm³/mol. The summed E-state index contributed by atoms with van der Waals surface area (Å²) in [6.45, 7) is 3.11. The summed E-state index contributed by atoms with van der Waals surface area (Å²) in [5, 5.41) is 16.5. The highest BCUT2D eigenvalue weighted by Crippen LogP contribution is 2.21. The Kier molecular flexibility index (Phi) is 11.0. The number of aromatic nitrogens is 4. The SMILES string of the molecule is O=C(O)C(CCN(CCCCc1ccc2c(n1)NCCC2)CCOc1cncc(F)c1)Nc1cc(-c2ccccc2)ncn1. The maximum Gasteiger partial charge on any atom is 0.326 e. The maximum atomic E-state index is 13.5. The molecular formula is C33H38FN7O3. The molecule has 0 radical (unpaired) electrons. The summed E-state index contributed by atoms with van der Waals surface area (Å²) in [5.74, 6) is 0.401. The van der Waals surface area contributed by atoms with Crippen LogP contribution in [0.3, 0.4) is 0 Å². The number of hydrogen-bond donors (Lipinski definition) is 3. The summed E-state index contributed by atoms with van der Waals surface area (Å²) >= 11 is 0. The highest BCUT2D eigenvalue weighted by molar-refractivity contribution is 5.77. The van der Waals surface area contributed by atoms with Crippen molar-refractivity contribution in [1.82, 2.24) is 24.8 Å². The van der Waals surface area contributed by atoms with Gasteiger partial charge in [0.1, 0.15) is 42.2 Å². The van der Waals surface area contributed by atoms with Crippen molar-refractivity contribution in [3.8, 4) is 17.0 Å². The van der Waals surface area contributed by atoms with E-state index >= 15 is 0 Å². The number of pyridine rings is 2. The van der Waals surface area contributed by atoms with E-state index in [0.717, 1.165) is 68.5 Å². The fourth-order valence-electron chi connectivity index (χ4n) is 5.20. The Morgan fingerprint density at radius 3 is 2.80 bits per heavy atom. The Labute approximate surface area is 256 Å². The molecule has 10 nitrogen and oxygen atoms in total. The monoisotopic (exact) mass is 599 g/mol. The lowest BCUT2D eigenvalue weighted by Crippen LogP contribution is -2.37. The van der Waals surface area contributed by atoms with E-state index in [9.17, 15) is 14.3 Å². The van der Waals surface area contributed by atoms with Gasteiger partial charge in [-0.25, -0.2) is 24.1 Å². The molecule has 1 atom stereocenters. The van der Waals surface area contributed by atoms with Crippen LogP contribution in [-0.4, -0.2) is 74.7 Å². The molecule has 44 heavy (non-hydrogen) atoms. The number of unbranched alkanes of at least 4 members (excludes halogenated alkanes) is 1. The molecule has 0 amide bonds. The van der Waals surface area contributed by atoms with Crippen LogP contribution in [0.25, 0.3) is 11.3 Å². The Hall–Kier alpha value is -4.64. The molecule has 0 bridgehead atoms. The summed E-state index contributed by atoms with van der Waals surface area (Å²) in [5.41, 5.74) is 3.98. The molecule has 0 saturated carbocycles. The topological polar surface area (TPSA) is 125 Å². The van der Waals surface area contributed by atoms with E-state index in [1.54, 1.807) is 6.07 Å². The first-order chi connectivity index (χ1) is 21.5. The van der Waals surface area contributed by atoms with Crippen LogP contribution in [-0.2, 0) is 17.6 Å². The molecule has 0 aliphatic carbocycles. The number of ether oxygens (including phenoxy) is 1. The fourth-order valence-corrected chi connectivity index (χ4v) is 5.20. The zero-order valence-corrected chi connectivity index (χ0v) is 24.7. The number of halogens is 1. The van der Waals surface area contributed by atoms with Crippen LogP contribution in [0.5, 0.6) is 5.75 Å². The lowest BCUT2D eigenvalue weighted by molar-refractivity contribution is -0.138. The molecule has 1 aliphatic heterocycles. The largest absolute Gasteiger partial charge is 0.491 e. The summed E-state index contributed by atoms with van der Waals surface area (Å²) in [6, 6.07) is 16.2. The molecule has 0 fully saturated rings. The van der Waals surface area contributed by atoms with Gasteiger partial charge in [0.05, 0.1) is 18.1 Å². The van der Waals surface area contributed by atoms with Gasteiger partial charge < -0.3 is 20.5 Å². The van der Waals surface area contributed by atoms with Gasteiger partial charge in [0, 0.05) is 43.0 Å². The van der Waals surface area contributed by atoms with Crippen LogP contribution in [0, 0.1) is 5.82 Å². The number of carboxylic acids is 1. The molecule has 5 rings (SSSR count). The van der Waals surface area contributed by atoms with Crippen molar-refractivity contribution >= 4 is 17.6 Å². The molecule has 1 unspecified atom stereocenters. The molecule has 0 spiro atoms. The van der Waals surface area contributed by atoms with Crippen LogP contribution in [0.2, 0.25) is 0 Å². The number of aryl methyl sites for hydroxylation is 2. The minimum Gasteiger partial charge on any atom is -0.491 e. The number of aliphatic carboxylic acids is 1. The van der Waals surface area contributed by atoms with Gasteiger partial charge in [0.25, 0.3) is 0 Å². The Morgan fingerprint density at radius 2 is 1.95 bits per heavy atom. The quantitative estimate of drug-likeness (QED) is 0.150. The second-order valence-electron chi connectivity index (χ2n) is 10.8. The third kappa shape index (κ3) is 9.18. The lowest BCUT2D eigenvalue weighted by atomic mass is 10.1. The van der Waals surface area contributed by atoms with Crippen LogP contribution in [0.4, 0.5) is 16.0 Å². The number of carboxylic acid groups (broad SMARTS) is 1. The van der Waals surface area contributed by atoms with E-state index in [2.05, 4.69) is 42.6 Å². The standard InChI is InChI=1S/C33H38FN7O3/c34-26-19-28(22-35-21-26)44-18-17-41(15-5-4-10-27-12-11-25-9-6-14-36-32(25)39-27)16-13-29(33(42)43)40-31-20-30(37-23-38-31)24-7-2-1-3-8-24/h1-3,7-8,11-12,19-23,29H,4-6,9-10,13-18H2,(H,36,39)(H,42,43)(H,37,38,40). The minimum atomic E-state index is -0.959. The van der Waals surface area contributed by atoms with E-state index in [-0.39, 0.29) is 0 Å². The Balaban J connectivity index is 1.17. The van der Waals surface area contributed by atoms with E-state index in [0.29, 0.717) is 43.4 Å². The van der Waals surface area contributed by atoms with Gasteiger partial charge in [-0.2, -0.15) is 0 Å². The number of benzene rings is 1. The summed E-state index contributed by atoms with van der Waals surface area (Å²) in [6.07, 6.45) is 9.31. The number of rotatable bonds is 16. The van der Waals surface area contributed by atoms with Gasteiger partial charge >= 0.3 is 5.97 Å². The highest BCUT2D eigenvalue weighted by atomic mass is 19.1. The lowest BCUT2D eigenvalue weighted by Gasteiger charge is -2.24. The van der Waals surface area contributed by atoms with Gasteiger partial charge in [0.15, 0.2) is 0 Å². The molecule has 11 heteroatoms. The molecule has 3 aromatic heterocycles. The van der Waals surface area contributed by atoms with Gasteiger partial charge in [-0.05, 0) is 56.7 Å². The molecule has 1 aromatic carbocycles. The molecular weight excluding hydrogens is 561 g/mol. The van der Waals surface area contributed by atoms with Crippen molar-refractivity contribution < 1.29 is 19.0 Å². The molecule has 3 N–H and O–H groups in total. The molecule has 1 aliphatic rings. The Bertz CT molecular complexity index is 1510. The predicted octanol–water partition coefficient (Wildman–Crippen LogP) is 5.09.